The molecule has 20 heavy (non-hydrogen) atoms. The normalized spacial score (nSPS) is 11.4. The molecule has 0 atom stereocenters. The molecule has 0 unspecified atom stereocenters. The zero-order chi connectivity index (χ0) is 15.5. The van der Waals surface area contributed by atoms with E-state index in [2.05, 4.69) is 0 Å². The molecule has 0 fully saturated rings. The lowest BCUT2D eigenvalue weighted by Gasteiger charge is -2.22. The van der Waals surface area contributed by atoms with E-state index in [0.717, 1.165) is 18.4 Å². The van der Waals surface area contributed by atoms with Gasteiger partial charge < -0.3 is 10.2 Å². The van der Waals surface area contributed by atoms with E-state index in [1.165, 1.54) is 0 Å². The molecule has 2 N–H and O–H groups in total. The highest BCUT2D eigenvalue weighted by atomic mass is 16.4. The smallest absolute Gasteiger partial charge is 0.335 e. The average molecular weight is 278 g/mol. The van der Waals surface area contributed by atoms with E-state index in [0.29, 0.717) is 12.0 Å². The standard InChI is InChI=1S/C16H22O4/c1-5-6-7-11-12(14(17)18)8-10(16(2,3)4)9-13(11)15(19)20/h8-9H,5-7H2,1-4H3,(H,17,18)(H,19,20). The van der Waals surface area contributed by atoms with E-state index in [1.807, 2.05) is 27.7 Å². The Kier molecular flexibility index (Phi) is 4.93. The summed E-state index contributed by atoms with van der Waals surface area (Å²) in [5.74, 6) is -2.13. The van der Waals surface area contributed by atoms with Gasteiger partial charge >= 0.3 is 11.9 Å². The van der Waals surface area contributed by atoms with Gasteiger partial charge in [0.25, 0.3) is 0 Å². The maximum absolute atomic E-state index is 11.4. The van der Waals surface area contributed by atoms with Gasteiger partial charge in [0.1, 0.15) is 0 Å². The Bertz CT molecular complexity index is 489. The number of benzene rings is 1. The Morgan fingerprint density at radius 1 is 1.05 bits per heavy atom. The van der Waals surface area contributed by atoms with Gasteiger partial charge in [-0.05, 0) is 41.5 Å². The first-order valence-corrected chi connectivity index (χ1v) is 6.82. The zero-order valence-corrected chi connectivity index (χ0v) is 12.5. The van der Waals surface area contributed by atoms with Crippen molar-refractivity contribution in [2.45, 2.75) is 52.4 Å². The number of carboxylic acids is 2. The van der Waals surface area contributed by atoms with Gasteiger partial charge in [0.15, 0.2) is 0 Å². The molecule has 0 aliphatic heterocycles. The Morgan fingerprint density at radius 3 is 1.80 bits per heavy atom. The second-order valence-corrected chi connectivity index (χ2v) is 6.01. The lowest BCUT2D eigenvalue weighted by Crippen LogP contribution is -2.17. The molecule has 0 spiro atoms. The molecule has 1 rings (SSSR count). The second kappa shape index (κ2) is 6.07. The molecule has 0 saturated carbocycles. The summed E-state index contributed by atoms with van der Waals surface area (Å²) in [4.78, 5) is 22.9. The van der Waals surface area contributed by atoms with Crippen molar-refractivity contribution in [2.75, 3.05) is 0 Å². The van der Waals surface area contributed by atoms with Crippen LogP contribution in [0, 0.1) is 0 Å². The Hall–Kier alpha value is -1.84. The van der Waals surface area contributed by atoms with E-state index in [1.54, 1.807) is 12.1 Å². The summed E-state index contributed by atoms with van der Waals surface area (Å²) in [6.45, 7) is 7.80. The lowest BCUT2D eigenvalue weighted by molar-refractivity contribution is 0.0695. The first-order chi connectivity index (χ1) is 9.18. The number of rotatable bonds is 5. The average Bonchev–Trinajstić information content (AvgIpc) is 2.33. The SMILES string of the molecule is CCCCc1c(C(=O)O)cc(C(C)(C)C)cc1C(=O)O. The van der Waals surface area contributed by atoms with Crippen LogP contribution in [-0.2, 0) is 11.8 Å². The molecule has 110 valence electrons. The van der Waals surface area contributed by atoms with Crippen LogP contribution in [0.4, 0.5) is 0 Å². The number of unbranched alkanes of at least 4 members (excludes halogenated alkanes) is 1. The van der Waals surface area contributed by atoms with Crippen LogP contribution in [0.3, 0.4) is 0 Å². The molecular formula is C16H22O4. The van der Waals surface area contributed by atoms with Gasteiger partial charge in [0.05, 0.1) is 11.1 Å². The Labute approximate surface area is 119 Å². The third-order valence-electron chi connectivity index (χ3n) is 3.36. The number of carboxylic acid groups (broad SMARTS) is 2. The number of aromatic carboxylic acids is 2. The molecule has 0 radical (unpaired) electrons. The quantitative estimate of drug-likeness (QED) is 0.860. The van der Waals surface area contributed by atoms with Crippen molar-refractivity contribution < 1.29 is 19.8 Å². The molecule has 0 heterocycles. The number of carbonyl (C=O) groups is 2. The van der Waals surface area contributed by atoms with Crippen LogP contribution in [0.5, 0.6) is 0 Å². The minimum atomic E-state index is -1.07. The van der Waals surface area contributed by atoms with Crippen LogP contribution in [0.15, 0.2) is 12.1 Å². The fourth-order valence-electron chi connectivity index (χ4n) is 2.11. The monoisotopic (exact) mass is 278 g/mol. The highest BCUT2D eigenvalue weighted by Crippen LogP contribution is 2.28. The third kappa shape index (κ3) is 3.59. The maximum atomic E-state index is 11.4. The Balaban J connectivity index is 3.55. The maximum Gasteiger partial charge on any atom is 0.335 e. The van der Waals surface area contributed by atoms with E-state index in [4.69, 9.17) is 0 Å². The van der Waals surface area contributed by atoms with Crippen LogP contribution in [0.25, 0.3) is 0 Å². The minimum Gasteiger partial charge on any atom is -0.478 e. The van der Waals surface area contributed by atoms with Crippen molar-refractivity contribution in [3.8, 4) is 0 Å². The second-order valence-electron chi connectivity index (χ2n) is 6.01. The van der Waals surface area contributed by atoms with Crippen LogP contribution < -0.4 is 0 Å². The van der Waals surface area contributed by atoms with Crippen LogP contribution in [0.2, 0.25) is 0 Å². The van der Waals surface area contributed by atoms with Crippen molar-refractivity contribution in [1.29, 1.82) is 0 Å². The summed E-state index contributed by atoms with van der Waals surface area (Å²) in [7, 11) is 0. The fraction of sp³-hybridized carbons (Fsp3) is 0.500. The molecule has 0 amide bonds. The minimum absolute atomic E-state index is 0.114. The highest BCUT2D eigenvalue weighted by molar-refractivity contribution is 5.97. The summed E-state index contributed by atoms with van der Waals surface area (Å²) in [6, 6.07) is 3.22. The lowest BCUT2D eigenvalue weighted by atomic mass is 9.82. The van der Waals surface area contributed by atoms with Crippen molar-refractivity contribution in [1.82, 2.24) is 0 Å². The topological polar surface area (TPSA) is 74.6 Å². The summed E-state index contributed by atoms with van der Waals surface area (Å²) in [6.07, 6.45) is 2.14. The molecule has 4 heteroatoms. The van der Waals surface area contributed by atoms with Gasteiger partial charge in [0, 0.05) is 0 Å². The Morgan fingerprint density at radius 2 is 1.50 bits per heavy atom. The van der Waals surface area contributed by atoms with E-state index in [9.17, 15) is 19.8 Å². The zero-order valence-electron chi connectivity index (χ0n) is 12.5. The molecule has 0 aliphatic rings. The molecule has 4 nitrogen and oxygen atoms in total. The third-order valence-corrected chi connectivity index (χ3v) is 3.36. The first kappa shape index (κ1) is 16.2. The molecule has 0 aliphatic carbocycles. The summed E-state index contributed by atoms with van der Waals surface area (Å²) in [5, 5.41) is 18.7. The van der Waals surface area contributed by atoms with Crippen molar-refractivity contribution in [3.05, 3.63) is 34.4 Å². The predicted octanol–water partition coefficient (Wildman–Crippen LogP) is 3.72. The van der Waals surface area contributed by atoms with Gasteiger partial charge in [-0.15, -0.1) is 0 Å². The van der Waals surface area contributed by atoms with Crippen molar-refractivity contribution >= 4 is 11.9 Å². The highest BCUT2D eigenvalue weighted by Gasteiger charge is 2.24. The molecular weight excluding hydrogens is 256 g/mol. The molecule has 0 aromatic heterocycles. The largest absolute Gasteiger partial charge is 0.478 e. The number of hydrogen-bond acceptors (Lipinski definition) is 2. The van der Waals surface area contributed by atoms with Gasteiger partial charge in [0.2, 0.25) is 0 Å². The summed E-state index contributed by atoms with van der Waals surface area (Å²) < 4.78 is 0. The van der Waals surface area contributed by atoms with E-state index >= 15 is 0 Å². The fourth-order valence-corrected chi connectivity index (χ4v) is 2.11. The molecule has 0 bridgehead atoms. The van der Waals surface area contributed by atoms with Crippen molar-refractivity contribution in [2.24, 2.45) is 0 Å². The van der Waals surface area contributed by atoms with Gasteiger partial charge in [-0.1, -0.05) is 34.1 Å². The predicted molar refractivity (Wildman–Crippen MR) is 77.7 cm³/mol. The number of hydrogen-bond donors (Lipinski definition) is 2. The van der Waals surface area contributed by atoms with Gasteiger partial charge in [-0.2, -0.15) is 0 Å². The van der Waals surface area contributed by atoms with Crippen molar-refractivity contribution in [3.63, 3.8) is 0 Å². The van der Waals surface area contributed by atoms with E-state index < -0.39 is 11.9 Å². The molecule has 0 saturated heterocycles. The molecule has 1 aromatic rings. The van der Waals surface area contributed by atoms with Gasteiger partial charge in [-0.25, -0.2) is 9.59 Å². The van der Waals surface area contributed by atoms with Crippen LogP contribution >= 0.6 is 0 Å². The van der Waals surface area contributed by atoms with Crippen LogP contribution in [-0.4, -0.2) is 22.2 Å². The molecule has 1 aromatic carbocycles. The summed E-state index contributed by atoms with van der Waals surface area (Å²) >= 11 is 0. The summed E-state index contributed by atoms with van der Waals surface area (Å²) in [5.41, 5.74) is 1.09. The first-order valence-electron chi connectivity index (χ1n) is 6.82. The van der Waals surface area contributed by atoms with E-state index in [-0.39, 0.29) is 16.5 Å². The van der Waals surface area contributed by atoms with Crippen LogP contribution in [0.1, 0.15) is 72.4 Å². The van der Waals surface area contributed by atoms with Gasteiger partial charge in [-0.3, -0.25) is 0 Å².